The summed E-state index contributed by atoms with van der Waals surface area (Å²) in [6.07, 6.45) is 3.46. The first-order valence-corrected chi connectivity index (χ1v) is 5.62. The maximum Gasteiger partial charge on any atom is 0.0591 e. The van der Waals surface area contributed by atoms with E-state index in [9.17, 15) is 0 Å². The molecule has 0 saturated carbocycles. The van der Waals surface area contributed by atoms with Crippen molar-refractivity contribution in [2.45, 2.75) is 46.1 Å². The molecule has 0 aliphatic carbocycles. The van der Waals surface area contributed by atoms with E-state index in [2.05, 4.69) is 25.7 Å². The Hall–Kier alpha value is -0.340. The van der Waals surface area contributed by atoms with Gasteiger partial charge >= 0.3 is 0 Å². The van der Waals surface area contributed by atoms with Gasteiger partial charge in [0.25, 0.3) is 0 Å². The molecule has 0 amide bonds. The molecular formula is C12H25NO. The first-order chi connectivity index (χ1) is 6.66. The monoisotopic (exact) mass is 199 g/mol. The van der Waals surface area contributed by atoms with Gasteiger partial charge in [0.05, 0.1) is 13.2 Å². The first kappa shape index (κ1) is 13.7. The summed E-state index contributed by atoms with van der Waals surface area (Å²) in [5, 5.41) is 3.42. The fourth-order valence-corrected chi connectivity index (χ4v) is 1.26. The molecular weight excluding hydrogens is 174 g/mol. The zero-order valence-electron chi connectivity index (χ0n) is 9.94. The Morgan fingerprint density at radius 3 is 2.71 bits per heavy atom. The molecule has 0 radical (unpaired) electrons. The van der Waals surface area contributed by atoms with Crippen LogP contribution in [0.4, 0.5) is 0 Å². The highest BCUT2D eigenvalue weighted by molar-refractivity contribution is 4.87. The third-order valence-electron chi connectivity index (χ3n) is 2.13. The van der Waals surface area contributed by atoms with Gasteiger partial charge < -0.3 is 10.1 Å². The lowest BCUT2D eigenvalue weighted by atomic mass is 10.2. The van der Waals surface area contributed by atoms with Crippen molar-refractivity contribution in [2.75, 3.05) is 19.8 Å². The summed E-state index contributed by atoms with van der Waals surface area (Å²) in [5.41, 5.74) is 1.19. The molecule has 14 heavy (non-hydrogen) atoms. The van der Waals surface area contributed by atoms with Crippen LogP contribution in [-0.4, -0.2) is 25.8 Å². The summed E-state index contributed by atoms with van der Waals surface area (Å²) < 4.78 is 5.45. The Kier molecular flexibility index (Phi) is 9.00. The van der Waals surface area contributed by atoms with E-state index in [1.807, 2.05) is 6.92 Å². The Bertz CT molecular complexity index is 145. The molecule has 84 valence electrons. The van der Waals surface area contributed by atoms with Crippen LogP contribution in [0.25, 0.3) is 0 Å². The maximum atomic E-state index is 5.45. The lowest BCUT2D eigenvalue weighted by Gasteiger charge is -2.12. The molecule has 0 bridgehead atoms. The molecule has 0 fully saturated rings. The fourth-order valence-electron chi connectivity index (χ4n) is 1.26. The largest absolute Gasteiger partial charge is 0.380 e. The molecule has 2 heteroatoms. The minimum absolute atomic E-state index is 0.616. The average molecular weight is 199 g/mol. The Morgan fingerprint density at radius 1 is 1.43 bits per heavy atom. The SMILES string of the molecule is C=C(C)CCOCCNC(C)CCC. The summed E-state index contributed by atoms with van der Waals surface area (Å²) in [6.45, 7) is 12.9. The van der Waals surface area contributed by atoms with Crippen molar-refractivity contribution in [3.63, 3.8) is 0 Å². The molecule has 0 aromatic heterocycles. The molecule has 0 aromatic rings. The number of nitrogens with one attached hydrogen (secondary N) is 1. The summed E-state index contributed by atoms with van der Waals surface area (Å²) in [7, 11) is 0. The predicted molar refractivity (Wildman–Crippen MR) is 62.6 cm³/mol. The van der Waals surface area contributed by atoms with Crippen LogP contribution < -0.4 is 5.32 Å². The van der Waals surface area contributed by atoms with Crippen molar-refractivity contribution in [1.29, 1.82) is 0 Å². The van der Waals surface area contributed by atoms with Crippen molar-refractivity contribution >= 4 is 0 Å². The van der Waals surface area contributed by atoms with Crippen LogP contribution >= 0.6 is 0 Å². The smallest absolute Gasteiger partial charge is 0.0591 e. The van der Waals surface area contributed by atoms with Crippen molar-refractivity contribution in [3.8, 4) is 0 Å². The summed E-state index contributed by atoms with van der Waals surface area (Å²) >= 11 is 0. The third kappa shape index (κ3) is 9.75. The molecule has 0 heterocycles. The van der Waals surface area contributed by atoms with E-state index in [4.69, 9.17) is 4.74 Å². The van der Waals surface area contributed by atoms with E-state index in [-0.39, 0.29) is 0 Å². The molecule has 2 nitrogen and oxygen atoms in total. The van der Waals surface area contributed by atoms with E-state index in [0.29, 0.717) is 6.04 Å². The van der Waals surface area contributed by atoms with Gasteiger partial charge in [0.2, 0.25) is 0 Å². The van der Waals surface area contributed by atoms with Gasteiger partial charge in [-0.3, -0.25) is 0 Å². The van der Waals surface area contributed by atoms with Gasteiger partial charge in [0.1, 0.15) is 0 Å². The normalized spacial score (nSPS) is 12.8. The van der Waals surface area contributed by atoms with Crippen molar-refractivity contribution < 1.29 is 4.74 Å². The van der Waals surface area contributed by atoms with Gasteiger partial charge in [-0.1, -0.05) is 18.9 Å². The molecule has 1 N–H and O–H groups in total. The quantitative estimate of drug-likeness (QED) is 0.455. The summed E-state index contributed by atoms with van der Waals surface area (Å²) in [6, 6.07) is 0.616. The fraction of sp³-hybridized carbons (Fsp3) is 0.833. The van der Waals surface area contributed by atoms with Crippen LogP contribution in [0, 0.1) is 0 Å². The second-order valence-electron chi connectivity index (χ2n) is 3.96. The maximum absolute atomic E-state index is 5.45. The van der Waals surface area contributed by atoms with E-state index in [0.717, 1.165) is 26.2 Å². The molecule has 0 rings (SSSR count). The van der Waals surface area contributed by atoms with Crippen LogP contribution in [0.2, 0.25) is 0 Å². The molecule has 0 aromatic carbocycles. The highest BCUT2D eigenvalue weighted by Crippen LogP contribution is 1.95. The molecule has 1 unspecified atom stereocenters. The van der Waals surface area contributed by atoms with Gasteiger partial charge in [0.15, 0.2) is 0 Å². The number of hydrogen-bond acceptors (Lipinski definition) is 2. The average Bonchev–Trinajstić information content (AvgIpc) is 2.11. The van der Waals surface area contributed by atoms with Gasteiger partial charge in [-0.15, -0.1) is 6.58 Å². The molecule has 0 spiro atoms. The lowest BCUT2D eigenvalue weighted by molar-refractivity contribution is 0.137. The first-order valence-electron chi connectivity index (χ1n) is 5.62. The Morgan fingerprint density at radius 2 is 2.14 bits per heavy atom. The predicted octanol–water partition coefficient (Wildman–Crippen LogP) is 2.75. The summed E-state index contributed by atoms with van der Waals surface area (Å²) in [4.78, 5) is 0. The minimum Gasteiger partial charge on any atom is -0.380 e. The number of hydrogen-bond donors (Lipinski definition) is 1. The van der Waals surface area contributed by atoms with Crippen molar-refractivity contribution in [2.24, 2.45) is 0 Å². The van der Waals surface area contributed by atoms with Gasteiger partial charge in [-0.05, 0) is 26.7 Å². The standard InChI is InChI=1S/C12H25NO/c1-5-6-12(4)13-8-10-14-9-7-11(2)3/h12-13H,2,5-10H2,1,3-4H3. The van der Waals surface area contributed by atoms with Gasteiger partial charge in [0, 0.05) is 12.6 Å². The van der Waals surface area contributed by atoms with E-state index < -0.39 is 0 Å². The molecule has 0 saturated heterocycles. The van der Waals surface area contributed by atoms with Gasteiger partial charge in [-0.25, -0.2) is 0 Å². The Labute approximate surface area is 88.7 Å². The second kappa shape index (κ2) is 9.22. The molecule has 0 aliphatic rings. The van der Waals surface area contributed by atoms with Crippen molar-refractivity contribution in [3.05, 3.63) is 12.2 Å². The van der Waals surface area contributed by atoms with E-state index >= 15 is 0 Å². The highest BCUT2D eigenvalue weighted by atomic mass is 16.5. The zero-order valence-corrected chi connectivity index (χ0v) is 9.94. The number of ether oxygens (including phenoxy) is 1. The number of rotatable bonds is 9. The zero-order chi connectivity index (χ0) is 10.8. The molecule has 1 atom stereocenters. The Balaban J connectivity index is 3.09. The lowest BCUT2D eigenvalue weighted by Crippen LogP contribution is -2.29. The van der Waals surface area contributed by atoms with E-state index in [1.165, 1.54) is 18.4 Å². The second-order valence-corrected chi connectivity index (χ2v) is 3.96. The third-order valence-corrected chi connectivity index (χ3v) is 2.13. The summed E-state index contributed by atoms with van der Waals surface area (Å²) in [5.74, 6) is 0. The van der Waals surface area contributed by atoms with E-state index in [1.54, 1.807) is 0 Å². The molecule has 0 aliphatic heterocycles. The minimum atomic E-state index is 0.616. The van der Waals surface area contributed by atoms with Gasteiger partial charge in [-0.2, -0.15) is 0 Å². The van der Waals surface area contributed by atoms with Crippen LogP contribution in [-0.2, 0) is 4.74 Å². The topological polar surface area (TPSA) is 21.3 Å². The van der Waals surface area contributed by atoms with Crippen LogP contribution in [0.1, 0.15) is 40.0 Å². The van der Waals surface area contributed by atoms with Crippen LogP contribution in [0.5, 0.6) is 0 Å². The highest BCUT2D eigenvalue weighted by Gasteiger charge is 1.97. The van der Waals surface area contributed by atoms with Crippen LogP contribution in [0.15, 0.2) is 12.2 Å². The van der Waals surface area contributed by atoms with Crippen LogP contribution in [0.3, 0.4) is 0 Å². The van der Waals surface area contributed by atoms with Crippen molar-refractivity contribution in [1.82, 2.24) is 5.32 Å².